The molecule has 0 spiro atoms. The fourth-order valence-electron chi connectivity index (χ4n) is 1.51. The summed E-state index contributed by atoms with van der Waals surface area (Å²) in [7, 11) is 0. The normalized spacial score (nSPS) is 12.3. The maximum absolute atomic E-state index is 6.07. The minimum absolute atomic E-state index is 0.189. The number of hydrazine groups is 1. The summed E-state index contributed by atoms with van der Waals surface area (Å²) in [5.74, 6) is 7.39. The van der Waals surface area contributed by atoms with Gasteiger partial charge in [-0.15, -0.1) is 0 Å². The molecule has 2 heterocycles. The van der Waals surface area contributed by atoms with Crippen molar-refractivity contribution in [3.8, 4) is 0 Å². The van der Waals surface area contributed by atoms with E-state index < -0.39 is 0 Å². The van der Waals surface area contributed by atoms with E-state index in [4.69, 9.17) is 33.5 Å². The van der Waals surface area contributed by atoms with Gasteiger partial charge < -0.3 is 15.2 Å². The first-order valence-electron chi connectivity index (χ1n) is 5.52. The smallest absolute Gasteiger partial charge is 0.216 e. The number of aryl methyl sites for hydroxylation is 1. The molecule has 8 heteroatoms. The molecule has 2 rings (SSSR count). The third-order valence-electron chi connectivity index (χ3n) is 2.43. The maximum Gasteiger partial charge on any atom is 0.216 e. The molecule has 0 aliphatic carbocycles. The van der Waals surface area contributed by atoms with E-state index >= 15 is 0 Å². The van der Waals surface area contributed by atoms with Crippen LogP contribution < -0.4 is 16.6 Å². The molecule has 6 nitrogen and oxygen atoms in total. The van der Waals surface area contributed by atoms with Crippen LogP contribution in [0, 0.1) is 6.92 Å². The zero-order chi connectivity index (χ0) is 14.0. The Morgan fingerprint density at radius 1 is 1.32 bits per heavy atom. The highest BCUT2D eigenvalue weighted by Gasteiger charge is 2.15. The Labute approximate surface area is 120 Å². The van der Waals surface area contributed by atoms with Crippen LogP contribution in [0.5, 0.6) is 0 Å². The minimum atomic E-state index is -0.189. The standard InChI is InChI=1S/C11H13Cl2N5O/c1-5-4-15-11(19-5)6(2)16-9-7(12)3-8(13)10(17-9)18-14/h3-4,6H,14H2,1-2H3,(H2,16,17,18). The summed E-state index contributed by atoms with van der Waals surface area (Å²) in [6.45, 7) is 3.71. The second-order valence-electron chi connectivity index (χ2n) is 3.97. The van der Waals surface area contributed by atoms with Gasteiger partial charge in [-0.1, -0.05) is 23.2 Å². The van der Waals surface area contributed by atoms with E-state index in [1.165, 1.54) is 0 Å². The Balaban J connectivity index is 2.23. The van der Waals surface area contributed by atoms with Crippen molar-refractivity contribution >= 4 is 34.8 Å². The summed E-state index contributed by atoms with van der Waals surface area (Å²) in [6, 6.07) is 1.37. The van der Waals surface area contributed by atoms with Crippen molar-refractivity contribution in [1.82, 2.24) is 9.97 Å². The lowest BCUT2D eigenvalue weighted by Gasteiger charge is -2.14. The van der Waals surface area contributed by atoms with Crippen LogP contribution in [-0.4, -0.2) is 9.97 Å². The van der Waals surface area contributed by atoms with Crippen molar-refractivity contribution in [3.05, 3.63) is 34.0 Å². The van der Waals surface area contributed by atoms with Crippen molar-refractivity contribution in [1.29, 1.82) is 0 Å². The van der Waals surface area contributed by atoms with Gasteiger partial charge in [-0.25, -0.2) is 15.8 Å². The first-order valence-corrected chi connectivity index (χ1v) is 6.28. The number of aromatic nitrogens is 2. The van der Waals surface area contributed by atoms with E-state index in [0.717, 1.165) is 5.76 Å². The van der Waals surface area contributed by atoms with E-state index in [0.29, 0.717) is 27.6 Å². The largest absolute Gasteiger partial charge is 0.444 e. The number of rotatable bonds is 4. The number of nitrogens with one attached hydrogen (secondary N) is 2. The van der Waals surface area contributed by atoms with Crippen LogP contribution >= 0.6 is 23.2 Å². The number of hydrogen-bond donors (Lipinski definition) is 3. The molecule has 102 valence electrons. The number of hydrogen-bond acceptors (Lipinski definition) is 6. The Kier molecular flexibility index (Phi) is 4.14. The van der Waals surface area contributed by atoms with Gasteiger partial charge in [0.05, 0.1) is 16.2 Å². The molecule has 0 radical (unpaired) electrons. The molecule has 1 unspecified atom stereocenters. The second kappa shape index (κ2) is 5.64. The molecular weight excluding hydrogens is 289 g/mol. The van der Waals surface area contributed by atoms with Gasteiger partial charge in [0.1, 0.15) is 17.6 Å². The molecule has 0 amide bonds. The summed E-state index contributed by atoms with van der Waals surface area (Å²) in [6.07, 6.45) is 1.65. The predicted octanol–water partition coefficient (Wildman–Crippen LogP) is 3.14. The van der Waals surface area contributed by atoms with Gasteiger partial charge >= 0.3 is 0 Å². The summed E-state index contributed by atoms with van der Waals surface area (Å²) in [4.78, 5) is 8.32. The number of oxazole rings is 1. The van der Waals surface area contributed by atoms with Crippen LogP contribution in [-0.2, 0) is 0 Å². The first-order chi connectivity index (χ1) is 9.01. The van der Waals surface area contributed by atoms with E-state index in [2.05, 4.69) is 20.7 Å². The van der Waals surface area contributed by atoms with Crippen molar-refractivity contribution in [2.45, 2.75) is 19.9 Å². The fourth-order valence-corrected chi connectivity index (χ4v) is 1.98. The molecule has 1 atom stereocenters. The Morgan fingerprint density at radius 2 is 2.00 bits per heavy atom. The van der Waals surface area contributed by atoms with Gasteiger partial charge in [0.2, 0.25) is 5.89 Å². The summed E-state index contributed by atoms with van der Waals surface area (Å²) in [5.41, 5.74) is 2.40. The van der Waals surface area contributed by atoms with Gasteiger partial charge in [0.15, 0.2) is 5.82 Å². The molecule has 0 aliphatic rings. The topological polar surface area (TPSA) is 89.0 Å². The average molecular weight is 302 g/mol. The van der Waals surface area contributed by atoms with Crippen molar-refractivity contribution in [3.63, 3.8) is 0 Å². The van der Waals surface area contributed by atoms with Crippen LogP contribution in [0.1, 0.15) is 24.6 Å². The summed E-state index contributed by atoms with van der Waals surface area (Å²) < 4.78 is 5.43. The number of pyridine rings is 1. The van der Waals surface area contributed by atoms with E-state index in [1.807, 2.05) is 13.8 Å². The molecule has 19 heavy (non-hydrogen) atoms. The zero-order valence-electron chi connectivity index (χ0n) is 10.4. The van der Waals surface area contributed by atoms with Gasteiger partial charge in [0, 0.05) is 0 Å². The highest BCUT2D eigenvalue weighted by atomic mass is 35.5. The molecule has 0 saturated heterocycles. The van der Waals surface area contributed by atoms with Crippen LogP contribution in [0.4, 0.5) is 11.6 Å². The highest BCUT2D eigenvalue weighted by Crippen LogP contribution is 2.30. The number of anilines is 2. The predicted molar refractivity (Wildman–Crippen MR) is 75.3 cm³/mol. The van der Waals surface area contributed by atoms with Crippen LogP contribution in [0.15, 0.2) is 16.7 Å². The Morgan fingerprint density at radius 3 is 2.58 bits per heavy atom. The quantitative estimate of drug-likeness (QED) is 0.594. The lowest BCUT2D eigenvalue weighted by atomic mass is 10.3. The Hall–Kier alpha value is -1.50. The first kappa shape index (κ1) is 13.9. The number of nitrogens with two attached hydrogens (primary N) is 1. The van der Waals surface area contributed by atoms with Gasteiger partial charge in [0.25, 0.3) is 0 Å². The highest BCUT2D eigenvalue weighted by molar-refractivity contribution is 6.37. The Bertz CT molecular complexity index is 586. The van der Waals surface area contributed by atoms with E-state index in [1.54, 1.807) is 12.3 Å². The monoisotopic (exact) mass is 301 g/mol. The molecule has 0 fully saturated rings. The van der Waals surface area contributed by atoms with Gasteiger partial charge in [-0.05, 0) is 19.9 Å². The molecular formula is C11H13Cl2N5O. The maximum atomic E-state index is 6.07. The molecule has 2 aromatic heterocycles. The van der Waals surface area contributed by atoms with E-state index in [-0.39, 0.29) is 6.04 Å². The lowest BCUT2D eigenvalue weighted by molar-refractivity contribution is 0.453. The summed E-state index contributed by atoms with van der Waals surface area (Å²) >= 11 is 12.0. The van der Waals surface area contributed by atoms with Crippen molar-refractivity contribution in [2.24, 2.45) is 5.84 Å². The van der Waals surface area contributed by atoms with Crippen LogP contribution in [0.25, 0.3) is 0 Å². The molecule has 0 aliphatic heterocycles. The SMILES string of the molecule is Cc1cnc(C(C)Nc2nc(NN)c(Cl)cc2Cl)o1. The zero-order valence-corrected chi connectivity index (χ0v) is 11.9. The molecule has 0 bridgehead atoms. The molecule has 4 N–H and O–H groups in total. The minimum Gasteiger partial charge on any atom is -0.444 e. The van der Waals surface area contributed by atoms with Gasteiger partial charge in [-0.2, -0.15) is 0 Å². The number of nitrogens with zero attached hydrogens (tertiary/aromatic N) is 2. The third-order valence-corrected chi connectivity index (χ3v) is 3.01. The molecule has 2 aromatic rings. The van der Waals surface area contributed by atoms with Crippen LogP contribution in [0.3, 0.4) is 0 Å². The molecule has 0 saturated carbocycles. The second-order valence-corrected chi connectivity index (χ2v) is 4.78. The van der Waals surface area contributed by atoms with Crippen LogP contribution in [0.2, 0.25) is 10.0 Å². The number of nitrogen functional groups attached to an aromatic ring is 1. The van der Waals surface area contributed by atoms with Crippen molar-refractivity contribution < 1.29 is 4.42 Å². The summed E-state index contributed by atoms with van der Waals surface area (Å²) in [5, 5.41) is 3.82. The van der Waals surface area contributed by atoms with Crippen molar-refractivity contribution in [2.75, 3.05) is 10.7 Å². The average Bonchev–Trinajstić information content (AvgIpc) is 2.79. The van der Waals surface area contributed by atoms with Gasteiger partial charge in [-0.3, -0.25) is 0 Å². The third kappa shape index (κ3) is 3.09. The molecule has 0 aromatic carbocycles. The van der Waals surface area contributed by atoms with E-state index in [9.17, 15) is 0 Å². The number of halogens is 2. The fraction of sp³-hybridized carbons (Fsp3) is 0.273. The lowest BCUT2D eigenvalue weighted by Crippen LogP contribution is -2.13.